The van der Waals surface area contributed by atoms with Crippen LogP contribution in [0.4, 0.5) is 5.69 Å². The summed E-state index contributed by atoms with van der Waals surface area (Å²) in [5.74, 6) is -1.33. The standard InChI is InChI=1S/C42H49NO5S2/c1-18-20(3)36(21(4)19(2)35(18)43-37(44)31-27-15-16-28(47-27)32(31)38(43)45)48-39(46)29-17-26(24(7)50-29)33-34(30-22(5)23(6)49-25(30)8)41(11,12)42(13,14)40(33,9)10/h15-17,27-28,31-32H,1-14H3. The minimum atomic E-state index is -0.487. The lowest BCUT2D eigenvalue weighted by atomic mass is 9.57. The van der Waals surface area contributed by atoms with Crippen LogP contribution in [-0.2, 0) is 14.3 Å². The lowest BCUT2D eigenvalue weighted by Gasteiger charge is -2.46. The van der Waals surface area contributed by atoms with Crippen molar-refractivity contribution in [3.05, 3.63) is 76.7 Å². The molecule has 2 fully saturated rings. The number of allylic oxidation sites excluding steroid dienone is 2. The second kappa shape index (κ2) is 11.1. The van der Waals surface area contributed by atoms with Gasteiger partial charge in [-0.05, 0) is 128 Å². The second-order valence-corrected chi connectivity index (χ2v) is 19.2. The maximum atomic E-state index is 14.1. The molecule has 2 amide bonds. The number of anilines is 1. The molecule has 1 aromatic carbocycles. The highest BCUT2D eigenvalue weighted by atomic mass is 32.1. The fourth-order valence-corrected chi connectivity index (χ4v) is 11.3. The van der Waals surface area contributed by atoms with Crippen LogP contribution in [0.1, 0.15) is 105 Å². The van der Waals surface area contributed by atoms with Crippen molar-refractivity contribution in [2.75, 3.05) is 4.90 Å². The molecular formula is C42H49NO5S2. The number of thiophene rings is 2. The molecule has 7 rings (SSSR count). The molecule has 0 radical (unpaired) electrons. The molecule has 2 bridgehead atoms. The lowest BCUT2D eigenvalue weighted by Crippen LogP contribution is -2.39. The third-order valence-electron chi connectivity index (χ3n) is 13.7. The molecule has 0 saturated carbocycles. The number of esters is 1. The maximum Gasteiger partial charge on any atom is 0.353 e. The van der Waals surface area contributed by atoms with Gasteiger partial charge in [-0.2, -0.15) is 0 Å². The van der Waals surface area contributed by atoms with Crippen molar-refractivity contribution < 1.29 is 23.9 Å². The van der Waals surface area contributed by atoms with Crippen LogP contribution in [0.15, 0.2) is 18.2 Å². The van der Waals surface area contributed by atoms with Gasteiger partial charge < -0.3 is 9.47 Å². The third kappa shape index (κ3) is 4.37. The van der Waals surface area contributed by atoms with E-state index in [1.54, 1.807) is 0 Å². The van der Waals surface area contributed by atoms with Gasteiger partial charge in [0.05, 0.1) is 29.7 Å². The minimum Gasteiger partial charge on any atom is -0.422 e. The number of carbonyl (C=O) groups is 3. The number of benzene rings is 1. The smallest absolute Gasteiger partial charge is 0.353 e. The molecule has 1 aliphatic carbocycles. The number of aryl methyl sites for hydroxylation is 3. The Kier molecular flexibility index (Phi) is 7.78. The number of amides is 2. The average molecular weight is 712 g/mol. The van der Waals surface area contributed by atoms with E-state index in [4.69, 9.17) is 9.47 Å². The van der Waals surface area contributed by atoms with Gasteiger partial charge in [0.15, 0.2) is 0 Å². The van der Waals surface area contributed by atoms with Crippen LogP contribution in [0.25, 0.3) is 11.1 Å². The number of hydrogen-bond acceptors (Lipinski definition) is 7. The van der Waals surface area contributed by atoms with E-state index in [0.717, 1.165) is 32.7 Å². The van der Waals surface area contributed by atoms with Crippen LogP contribution in [0, 0.1) is 83.5 Å². The summed E-state index contributed by atoms with van der Waals surface area (Å²) in [5, 5.41) is 0. The molecule has 4 aliphatic rings. The van der Waals surface area contributed by atoms with Gasteiger partial charge >= 0.3 is 5.97 Å². The zero-order valence-corrected chi connectivity index (χ0v) is 33.5. The summed E-state index contributed by atoms with van der Waals surface area (Å²) >= 11 is 3.34. The summed E-state index contributed by atoms with van der Waals surface area (Å²) in [6.07, 6.45) is 3.09. The first-order valence-electron chi connectivity index (χ1n) is 17.6. The van der Waals surface area contributed by atoms with E-state index in [-0.39, 0.29) is 40.3 Å². The summed E-state index contributed by atoms with van der Waals surface area (Å²) in [6.45, 7) is 30.6. The quantitative estimate of drug-likeness (QED) is 0.114. The summed E-state index contributed by atoms with van der Waals surface area (Å²) in [6, 6.07) is 2.05. The monoisotopic (exact) mass is 711 g/mol. The van der Waals surface area contributed by atoms with E-state index < -0.39 is 17.8 Å². The molecule has 50 heavy (non-hydrogen) atoms. The van der Waals surface area contributed by atoms with Gasteiger partial charge in [-0.25, -0.2) is 9.69 Å². The highest BCUT2D eigenvalue weighted by Crippen LogP contribution is 2.71. The Bertz CT molecular complexity index is 2060. The number of imide groups is 1. The highest BCUT2D eigenvalue weighted by Gasteiger charge is 2.62. The summed E-state index contributed by atoms with van der Waals surface area (Å²) < 4.78 is 12.1. The van der Waals surface area contributed by atoms with Gasteiger partial charge in [0.1, 0.15) is 10.6 Å². The Hall–Kier alpha value is -3.33. The fraction of sp³-hybridized carbons (Fsp3) is 0.500. The van der Waals surface area contributed by atoms with Crippen molar-refractivity contribution in [1.82, 2.24) is 0 Å². The third-order valence-corrected chi connectivity index (χ3v) is 15.8. The van der Waals surface area contributed by atoms with Crippen LogP contribution < -0.4 is 9.64 Å². The topological polar surface area (TPSA) is 72.9 Å². The number of ether oxygens (including phenoxy) is 2. The van der Waals surface area contributed by atoms with Gasteiger partial charge in [-0.1, -0.05) is 53.7 Å². The molecule has 6 nitrogen and oxygen atoms in total. The van der Waals surface area contributed by atoms with Crippen LogP contribution in [0.2, 0.25) is 0 Å². The maximum absolute atomic E-state index is 14.1. The molecule has 0 N–H and O–H groups in total. The van der Waals surface area contributed by atoms with E-state index in [0.29, 0.717) is 16.3 Å². The largest absolute Gasteiger partial charge is 0.422 e. The normalized spacial score (nSPS) is 25.8. The lowest BCUT2D eigenvalue weighted by molar-refractivity contribution is -0.124. The molecule has 3 aromatic rings. The fourth-order valence-electron chi connectivity index (χ4n) is 9.35. The first kappa shape index (κ1) is 35.1. The number of nitrogens with zero attached hydrogens (tertiary/aromatic N) is 1. The van der Waals surface area contributed by atoms with Crippen molar-refractivity contribution in [1.29, 1.82) is 0 Å². The zero-order valence-electron chi connectivity index (χ0n) is 31.8. The number of hydrogen-bond donors (Lipinski definition) is 0. The van der Waals surface area contributed by atoms with Crippen LogP contribution in [0.3, 0.4) is 0 Å². The Labute approximate surface area is 304 Å². The molecule has 8 heteroatoms. The molecule has 4 atom stereocenters. The summed E-state index contributed by atoms with van der Waals surface area (Å²) in [5.41, 5.74) is 9.70. The van der Waals surface area contributed by atoms with Crippen molar-refractivity contribution in [2.45, 2.75) is 109 Å². The van der Waals surface area contributed by atoms with E-state index in [2.05, 4.69) is 69.2 Å². The molecule has 4 unspecified atom stereocenters. The van der Waals surface area contributed by atoms with Crippen molar-refractivity contribution in [3.8, 4) is 5.75 Å². The summed E-state index contributed by atoms with van der Waals surface area (Å²) in [4.78, 5) is 47.2. The van der Waals surface area contributed by atoms with Crippen molar-refractivity contribution in [2.24, 2.45) is 28.1 Å². The van der Waals surface area contributed by atoms with Gasteiger partial charge in [-0.3, -0.25) is 9.59 Å². The number of carbonyl (C=O) groups excluding carboxylic acids is 3. The minimum absolute atomic E-state index is 0.0701. The van der Waals surface area contributed by atoms with Crippen LogP contribution >= 0.6 is 22.7 Å². The van der Waals surface area contributed by atoms with E-state index >= 15 is 0 Å². The van der Waals surface area contributed by atoms with E-state index in [1.165, 1.54) is 48.3 Å². The van der Waals surface area contributed by atoms with E-state index in [9.17, 15) is 14.4 Å². The van der Waals surface area contributed by atoms with Crippen LogP contribution in [0.5, 0.6) is 5.75 Å². The van der Waals surface area contributed by atoms with Gasteiger partial charge in [0, 0.05) is 14.6 Å². The average Bonchev–Trinajstić information content (AvgIpc) is 3.86. The predicted octanol–water partition coefficient (Wildman–Crippen LogP) is 9.94. The number of rotatable bonds is 5. The highest BCUT2D eigenvalue weighted by molar-refractivity contribution is 7.14. The molecule has 0 spiro atoms. The van der Waals surface area contributed by atoms with Crippen molar-refractivity contribution >= 4 is 57.3 Å². The molecule has 264 valence electrons. The Morgan fingerprint density at radius 3 is 1.72 bits per heavy atom. The summed E-state index contributed by atoms with van der Waals surface area (Å²) in [7, 11) is 0. The van der Waals surface area contributed by atoms with Crippen molar-refractivity contribution in [3.63, 3.8) is 0 Å². The zero-order chi connectivity index (χ0) is 36.7. The predicted molar refractivity (Wildman–Crippen MR) is 203 cm³/mol. The SMILES string of the molecule is Cc1sc(C(=O)Oc2c(C)c(C)c(N3C(=O)C4C5C=CC(O5)C4C3=O)c(C)c2C)cc1C1=C(c2c(C)sc(C)c2C)C(C)(C)C(C)(C)C1(C)C. The van der Waals surface area contributed by atoms with Gasteiger partial charge in [-0.15, -0.1) is 22.7 Å². The molecule has 3 aliphatic heterocycles. The molecular weight excluding hydrogens is 663 g/mol. The van der Waals surface area contributed by atoms with Gasteiger partial charge in [0.2, 0.25) is 11.8 Å². The van der Waals surface area contributed by atoms with E-state index in [1.807, 2.05) is 57.3 Å². The Balaban J connectivity index is 1.27. The number of fused-ring (bicyclic) bond motifs is 5. The molecule has 2 saturated heterocycles. The Morgan fingerprint density at radius 2 is 1.22 bits per heavy atom. The second-order valence-electron chi connectivity index (χ2n) is 16.5. The first-order chi connectivity index (χ1) is 23.2. The first-order valence-corrected chi connectivity index (χ1v) is 19.3. The molecule has 2 aromatic heterocycles. The Morgan fingerprint density at radius 1 is 0.700 bits per heavy atom. The molecule has 5 heterocycles. The van der Waals surface area contributed by atoms with Gasteiger partial charge in [0.25, 0.3) is 0 Å². The van der Waals surface area contributed by atoms with Crippen LogP contribution in [-0.4, -0.2) is 30.0 Å².